The van der Waals surface area contributed by atoms with Crippen molar-refractivity contribution in [3.8, 4) is 0 Å². The van der Waals surface area contributed by atoms with Crippen molar-refractivity contribution in [1.29, 1.82) is 0 Å². The molecule has 3 heterocycles. The third-order valence-electron chi connectivity index (χ3n) is 8.24. The van der Waals surface area contributed by atoms with Crippen LogP contribution in [0.2, 0.25) is 0 Å². The van der Waals surface area contributed by atoms with Crippen LogP contribution in [0.3, 0.4) is 0 Å². The number of hydrogen-bond donors (Lipinski definition) is 2. The van der Waals surface area contributed by atoms with Gasteiger partial charge < -0.3 is 19.8 Å². The summed E-state index contributed by atoms with van der Waals surface area (Å²) in [5.41, 5.74) is -1.84. The van der Waals surface area contributed by atoms with Gasteiger partial charge in [-0.05, 0) is 51.7 Å². The van der Waals surface area contributed by atoms with Gasteiger partial charge in [0.2, 0.25) is 5.91 Å². The molecular weight excluding hydrogens is 420 g/mol. The quantitative estimate of drug-likeness (QED) is 0.688. The molecule has 3 atom stereocenters. The van der Waals surface area contributed by atoms with Crippen LogP contribution >= 0.6 is 0 Å². The first kappa shape index (κ1) is 22.4. The number of carbonyl (C=O) groups excluding carboxylic acids is 2. The molecule has 2 saturated heterocycles. The number of para-hydroxylation sites is 1. The lowest BCUT2D eigenvalue weighted by molar-refractivity contribution is -0.163. The minimum Gasteiger partial charge on any atom is -0.443 e. The second-order valence-corrected chi connectivity index (χ2v) is 11.5. The Hall–Kier alpha value is -2.38. The van der Waals surface area contributed by atoms with E-state index in [-0.39, 0.29) is 25.0 Å². The number of hydrogen-bond acceptors (Lipinski definition) is 5. The normalized spacial score (nSPS) is 30.7. The van der Waals surface area contributed by atoms with Gasteiger partial charge in [0.05, 0.1) is 17.7 Å². The smallest absolute Gasteiger partial charge is 0.419 e. The summed E-state index contributed by atoms with van der Waals surface area (Å²) in [6, 6.07) is 7.53. The van der Waals surface area contributed by atoms with Gasteiger partial charge in [-0.2, -0.15) is 0 Å². The summed E-state index contributed by atoms with van der Waals surface area (Å²) in [4.78, 5) is 28.4. The van der Waals surface area contributed by atoms with Crippen LogP contribution < -0.4 is 0 Å². The molecule has 7 nitrogen and oxygen atoms in total. The Bertz CT molecular complexity index is 1160. The number of fused-ring (bicyclic) bond motifs is 6. The number of aromatic nitrogens is 1. The molecule has 178 valence electrons. The third-order valence-corrected chi connectivity index (χ3v) is 8.24. The van der Waals surface area contributed by atoms with E-state index in [0.717, 1.165) is 23.8 Å². The van der Waals surface area contributed by atoms with Crippen LogP contribution in [0, 0.1) is 0 Å². The lowest BCUT2D eigenvalue weighted by Gasteiger charge is -2.56. The van der Waals surface area contributed by atoms with E-state index in [1.54, 1.807) is 9.47 Å². The summed E-state index contributed by atoms with van der Waals surface area (Å²) in [5, 5.41) is 24.1. The van der Waals surface area contributed by atoms with Crippen molar-refractivity contribution in [3.05, 3.63) is 35.5 Å². The van der Waals surface area contributed by atoms with E-state index in [0.29, 0.717) is 24.1 Å². The van der Waals surface area contributed by atoms with Crippen LogP contribution in [0.1, 0.15) is 71.6 Å². The highest BCUT2D eigenvalue weighted by Gasteiger charge is 2.72. The lowest BCUT2D eigenvalue weighted by atomic mass is 9.56. The number of piperidine rings is 1. The molecule has 5 rings (SSSR count). The molecule has 0 saturated carbocycles. The van der Waals surface area contributed by atoms with Gasteiger partial charge in [-0.1, -0.05) is 32.0 Å². The highest BCUT2D eigenvalue weighted by Crippen LogP contribution is 2.60. The van der Waals surface area contributed by atoms with Crippen molar-refractivity contribution in [1.82, 2.24) is 9.47 Å². The molecule has 1 aromatic carbocycles. The predicted molar refractivity (Wildman–Crippen MR) is 124 cm³/mol. The average Bonchev–Trinajstić information content (AvgIpc) is 3.19. The standard InChI is InChI=1S/C26H34N2O5/c1-23(2,3)33-22(31)27-19-11-7-6-10-17(19)18-14-25(15-29)26(32,24(4,5)21(18)27)13-16-9-8-12-20(30)28(16)25/h6-7,10-11,16,29,32H,8-9,12-15H2,1-5H3/t16-,25-,26+/m0/s1. The van der Waals surface area contributed by atoms with E-state index >= 15 is 0 Å². The molecule has 7 heteroatoms. The largest absolute Gasteiger partial charge is 0.443 e. The van der Waals surface area contributed by atoms with E-state index in [1.807, 2.05) is 58.9 Å². The number of amides is 1. The minimum atomic E-state index is -1.40. The van der Waals surface area contributed by atoms with Crippen molar-refractivity contribution in [3.63, 3.8) is 0 Å². The predicted octanol–water partition coefficient (Wildman–Crippen LogP) is 3.51. The Morgan fingerprint density at radius 2 is 1.94 bits per heavy atom. The molecule has 2 aromatic rings. The number of carbonyl (C=O) groups is 2. The van der Waals surface area contributed by atoms with Gasteiger partial charge >= 0.3 is 6.09 Å². The number of benzene rings is 1. The first-order valence-corrected chi connectivity index (χ1v) is 11.9. The molecule has 33 heavy (non-hydrogen) atoms. The van der Waals surface area contributed by atoms with E-state index in [4.69, 9.17) is 4.74 Å². The zero-order valence-corrected chi connectivity index (χ0v) is 20.1. The maximum atomic E-state index is 13.5. The summed E-state index contributed by atoms with van der Waals surface area (Å²) < 4.78 is 7.39. The number of aliphatic hydroxyl groups excluding tert-OH is 1. The molecule has 0 radical (unpaired) electrons. The van der Waals surface area contributed by atoms with Gasteiger partial charge in [-0.15, -0.1) is 0 Å². The van der Waals surface area contributed by atoms with Crippen molar-refractivity contribution >= 4 is 22.9 Å². The summed E-state index contributed by atoms with van der Waals surface area (Å²) in [6.07, 6.45) is 2.21. The van der Waals surface area contributed by atoms with Crippen LogP contribution in [-0.4, -0.2) is 61.1 Å². The molecular formula is C26H34N2O5. The maximum absolute atomic E-state index is 13.5. The fourth-order valence-electron chi connectivity index (χ4n) is 6.91. The molecule has 1 aliphatic carbocycles. The molecule has 3 aliphatic rings. The van der Waals surface area contributed by atoms with E-state index < -0.39 is 28.2 Å². The topological polar surface area (TPSA) is 92.0 Å². The number of aliphatic hydroxyl groups is 2. The summed E-state index contributed by atoms with van der Waals surface area (Å²) in [6.45, 7) is 9.02. The molecule has 2 aliphatic heterocycles. The highest BCUT2D eigenvalue weighted by molar-refractivity contribution is 5.95. The van der Waals surface area contributed by atoms with Crippen LogP contribution in [0.4, 0.5) is 4.79 Å². The molecule has 2 N–H and O–H groups in total. The SMILES string of the molecule is CC(C)(C)OC(=O)n1c2c(c3ccccc31)C[C@@]1(CO)N3C(=O)CCC[C@H]3C[C@@]1(O)C2(C)C. The van der Waals surface area contributed by atoms with Gasteiger partial charge in [-0.3, -0.25) is 4.79 Å². The van der Waals surface area contributed by atoms with Crippen molar-refractivity contribution < 1.29 is 24.5 Å². The second kappa shape index (κ2) is 6.83. The molecule has 2 fully saturated rings. The number of nitrogens with zero attached hydrogens (tertiary/aromatic N) is 2. The van der Waals surface area contributed by atoms with Crippen molar-refractivity contribution in [2.75, 3.05) is 6.61 Å². The third kappa shape index (κ3) is 2.75. The molecule has 0 unspecified atom stereocenters. The number of rotatable bonds is 1. The van der Waals surface area contributed by atoms with Crippen LogP contribution in [-0.2, 0) is 21.4 Å². The first-order valence-electron chi connectivity index (χ1n) is 11.9. The summed E-state index contributed by atoms with van der Waals surface area (Å²) in [5.74, 6) is -0.00800. The van der Waals surface area contributed by atoms with Crippen molar-refractivity contribution in [2.24, 2.45) is 0 Å². The number of ether oxygens (including phenoxy) is 1. The van der Waals surface area contributed by atoms with Crippen molar-refractivity contribution in [2.45, 2.75) is 94.9 Å². The van der Waals surface area contributed by atoms with Crippen LogP contribution in [0.25, 0.3) is 10.9 Å². The van der Waals surface area contributed by atoms with Gasteiger partial charge in [0.25, 0.3) is 0 Å². The minimum absolute atomic E-state index is 0.00800. The highest BCUT2D eigenvalue weighted by atomic mass is 16.6. The summed E-state index contributed by atoms with van der Waals surface area (Å²) in [7, 11) is 0. The van der Waals surface area contributed by atoms with Crippen LogP contribution in [0.5, 0.6) is 0 Å². The monoisotopic (exact) mass is 454 g/mol. The molecule has 1 amide bonds. The summed E-state index contributed by atoms with van der Waals surface area (Å²) >= 11 is 0. The second-order valence-electron chi connectivity index (χ2n) is 11.5. The van der Waals surface area contributed by atoms with E-state index in [2.05, 4.69) is 0 Å². The van der Waals surface area contributed by atoms with E-state index in [9.17, 15) is 19.8 Å². The van der Waals surface area contributed by atoms with E-state index in [1.165, 1.54) is 0 Å². The average molecular weight is 455 g/mol. The zero-order chi connectivity index (χ0) is 24.0. The fourth-order valence-corrected chi connectivity index (χ4v) is 6.91. The Balaban J connectivity index is 1.80. The Kier molecular flexibility index (Phi) is 4.64. The molecule has 0 spiro atoms. The molecule has 1 aromatic heterocycles. The lowest BCUT2D eigenvalue weighted by Crippen LogP contribution is -2.72. The molecule has 0 bridgehead atoms. The Morgan fingerprint density at radius 3 is 2.61 bits per heavy atom. The van der Waals surface area contributed by atoms with Gasteiger partial charge in [0.1, 0.15) is 11.2 Å². The van der Waals surface area contributed by atoms with Crippen LogP contribution in [0.15, 0.2) is 24.3 Å². The zero-order valence-electron chi connectivity index (χ0n) is 20.1. The first-order chi connectivity index (χ1) is 15.4. The fraction of sp³-hybridized carbons (Fsp3) is 0.615. The van der Waals surface area contributed by atoms with Gasteiger partial charge in [-0.25, -0.2) is 9.36 Å². The Morgan fingerprint density at radius 1 is 1.24 bits per heavy atom. The Labute approximate surface area is 194 Å². The maximum Gasteiger partial charge on any atom is 0.419 e. The van der Waals surface area contributed by atoms with Gasteiger partial charge in [0, 0.05) is 35.4 Å². The van der Waals surface area contributed by atoms with Gasteiger partial charge in [0.15, 0.2) is 0 Å².